The van der Waals surface area contributed by atoms with Crippen molar-refractivity contribution in [2.24, 2.45) is 0 Å². The van der Waals surface area contributed by atoms with Gasteiger partial charge in [0, 0.05) is 19.6 Å². The summed E-state index contributed by atoms with van der Waals surface area (Å²) in [7, 11) is 1.54. The molecule has 1 unspecified atom stereocenters. The average Bonchev–Trinajstić information content (AvgIpc) is 2.47. The standard InChI is InChI=1S/C9H15N3O2/c1-11-8(13)6-12(9(11)14)7-3-2-4-10-5-7/h7,10H,2-6H2,1H3. The topological polar surface area (TPSA) is 52.7 Å². The first-order chi connectivity index (χ1) is 6.70. The van der Waals surface area contributed by atoms with Crippen LogP contribution < -0.4 is 5.32 Å². The van der Waals surface area contributed by atoms with Gasteiger partial charge in [0.05, 0.1) is 0 Å². The largest absolute Gasteiger partial charge is 0.327 e. The highest BCUT2D eigenvalue weighted by molar-refractivity contribution is 6.01. The molecule has 0 bridgehead atoms. The summed E-state index contributed by atoms with van der Waals surface area (Å²) in [5.41, 5.74) is 0. The monoisotopic (exact) mass is 197 g/mol. The van der Waals surface area contributed by atoms with Gasteiger partial charge in [0.2, 0.25) is 5.91 Å². The van der Waals surface area contributed by atoms with Crippen molar-refractivity contribution in [3.05, 3.63) is 0 Å². The van der Waals surface area contributed by atoms with E-state index in [0.717, 1.165) is 25.9 Å². The lowest BCUT2D eigenvalue weighted by molar-refractivity contribution is -0.124. The van der Waals surface area contributed by atoms with Crippen LogP contribution in [0, 0.1) is 0 Å². The van der Waals surface area contributed by atoms with Crippen LogP contribution in [0.1, 0.15) is 12.8 Å². The summed E-state index contributed by atoms with van der Waals surface area (Å²) in [4.78, 5) is 25.8. The van der Waals surface area contributed by atoms with E-state index in [1.807, 2.05) is 0 Å². The van der Waals surface area contributed by atoms with Gasteiger partial charge in [0.25, 0.3) is 0 Å². The van der Waals surface area contributed by atoms with Crippen molar-refractivity contribution in [1.29, 1.82) is 0 Å². The summed E-state index contributed by atoms with van der Waals surface area (Å²) in [5.74, 6) is -0.0967. The van der Waals surface area contributed by atoms with E-state index in [-0.39, 0.29) is 24.5 Å². The van der Waals surface area contributed by atoms with Gasteiger partial charge in [0.15, 0.2) is 0 Å². The second-order valence-electron chi connectivity index (χ2n) is 3.86. The number of hydrogen-bond acceptors (Lipinski definition) is 3. The third-order valence-electron chi connectivity index (χ3n) is 2.92. The zero-order chi connectivity index (χ0) is 10.1. The molecule has 2 aliphatic rings. The molecule has 2 aliphatic heterocycles. The Bertz CT molecular complexity index is 261. The third-order valence-corrected chi connectivity index (χ3v) is 2.92. The van der Waals surface area contributed by atoms with E-state index in [0.29, 0.717) is 0 Å². The second kappa shape index (κ2) is 3.57. The summed E-state index contributed by atoms with van der Waals surface area (Å²) in [6, 6.07) is 0.0499. The fraction of sp³-hybridized carbons (Fsp3) is 0.778. The van der Waals surface area contributed by atoms with Crippen LogP contribution in [0.15, 0.2) is 0 Å². The number of likely N-dealkylation sites (N-methyl/N-ethyl adjacent to an activating group) is 1. The molecule has 2 fully saturated rings. The first kappa shape index (κ1) is 9.45. The second-order valence-corrected chi connectivity index (χ2v) is 3.86. The van der Waals surface area contributed by atoms with E-state index in [2.05, 4.69) is 5.32 Å². The SMILES string of the molecule is CN1C(=O)CN(C2CCCNC2)C1=O. The van der Waals surface area contributed by atoms with Crippen LogP contribution in [-0.2, 0) is 4.79 Å². The summed E-state index contributed by atoms with van der Waals surface area (Å²) >= 11 is 0. The molecule has 2 heterocycles. The number of urea groups is 1. The first-order valence-corrected chi connectivity index (χ1v) is 4.98. The molecule has 5 nitrogen and oxygen atoms in total. The number of hydrogen-bond donors (Lipinski definition) is 1. The Morgan fingerprint density at radius 1 is 1.43 bits per heavy atom. The molecule has 14 heavy (non-hydrogen) atoms. The molecule has 2 rings (SSSR count). The summed E-state index contributed by atoms with van der Waals surface area (Å²) in [6.07, 6.45) is 2.08. The maximum atomic E-state index is 11.6. The smallest absolute Gasteiger partial charge is 0.315 e. The summed E-state index contributed by atoms with van der Waals surface area (Å²) in [5, 5.41) is 3.24. The normalized spacial score (nSPS) is 28.8. The molecular weight excluding hydrogens is 182 g/mol. The zero-order valence-corrected chi connectivity index (χ0v) is 8.32. The molecule has 1 atom stereocenters. The molecular formula is C9H15N3O2. The van der Waals surface area contributed by atoms with Gasteiger partial charge in [-0.1, -0.05) is 0 Å². The van der Waals surface area contributed by atoms with Crippen LogP contribution in [0.3, 0.4) is 0 Å². The van der Waals surface area contributed by atoms with Gasteiger partial charge in [0.1, 0.15) is 6.54 Å². The van der Waals surface area contributed by atoms with Crippen LogP contribution in [0.25, 0.3) is 0 Å². The average molecular weight is 197 g/mol. The predicted octanol–water partition coefficient (Wildman–Crippen LogP) is -0.368. The summed E-state index contributed by atoms with van der Waals surface area (Å²) < 4.78 is 0. The summed E-state index contributed by atoms with van der Waals surface area (Å²) in [6.45, 7) is 2.08. The Labute approximate surface area is 83.0 Å². The lowest BCUT2D eigenvalue weighted by atomic mass is 10.1. The number of imide groups is 1. The number of rotatable bonds is 1. The van der Waals surface area contributed by atoms with Crippen molar-refractivity contribution >= 4 is 11.9 Å². The number of carbonyl (C=O) groups excluding carboxylic acids is 2. The molecule has 0 aromatic rings. The van der Waals surface area contributed by atoms with Crippen molar-refractivity contribution in [3.8, 4) is 0 Å². The zero-order valence-electron chi connectivity index (χ0n) is 8.32. The van der Waals surface area contributed by atoms with Crippen molar-refractivity contribution in [2.45, 2.75) is 18.9 Å². The number of piperidine rings is 1. The molecule has 0 aromatic carbocycles. The molecule has 2 saturated heterocycles. The number of carbonyl (C=O) groups is 2. The Hall–Kier alpha value is -1.10. The first-order valence-electron chi connectivity index (χ1n) is 4.98. The van der Waals surface area contributed by atoms with E-state index >= 15 is 0 Å². The fourth-order valence-electron chi connectivity index (χ4n) is 2.00. The van der Waals surface area contributed by atoms with Crippen LogP contribution in [0.4, 0.5) is 4.79 Å². The van der Waals surface area contributed by atoms with E-state index in [1.165, 1.54) is 4.90 Å². The van der Waals surface area contributed by atoms with Crippen LogP contribution >= 0.6 is 0 Å². The van der Waals surface area contributed by atoms with Gasteiger partial charge >= 0.3 is 6.03 Å². The van der Waals surface area contributed by atoms with E-state index in [9.17, 15) is 9.59 Å². The maximum absolute atomic E-state index is 11.6. The van der Waals surface area contributed by atoms with Crippen molar-refractivity contribution in [1.82, 2.24) is 15.1 Å². The van der Waals surface area contributed by atoms with Gasteiger partial charge < -0.3 is 10.2 Å². The fourth-order valence-corrected chi connectivity index (χ4v) is 2.00. The van der Waals surface area contributed by atoms with E-state index in [4.69, 9.17) is 0 Å². The van der Waals surface area contributed by atoms with Crippen molar-refractivity contribution in [3.63, 3.8) is 0 Å². The molecule has 5 heteroatoms. The molecule has 0 saturated carbocycles. The lowest BCUT2D eigenvalue weighted by Gasteiger charge is -2.30. The number of nitrogens with one attached hydrogen (secondary N) is 1. The predicted molar refractivity (Wildman–Crippen MR) is 50.8 cm³/mol. The highest BCUT2D eigenvalue weighted by Crippen LogP contribution is 2.16. The van der Waals surface area contributed by atoms with Crippen molar-refractivity contribution < 1.29 is 9.59 Å². The maximum Gasteiger partial charge on any atom is 0.327 e. The molecule has 0 spiro atoms. The lowest BCUT2D eigenvalue weighted by Crippen LogP contribution is -2.47. The molecule has 0 aromatic heterocycles. The van der Waals surface area contributed by atoms with Gasteiger partial charge in [-0.2, -0.15) is 0 Å². The van der Waals surface area contributed by atoms with Gasteiger partial charge in [-0.3, -0.25) is 9.69 Å². The Balaban J connectivity index is 2.04. The van der Waals surface area contributed by atoms with Crippen LogP contribution in [0.2, 0.25) is 0 Å². The minimum atomic E-state index is -0.149. The van der Waals surface area contributed by atoms with Gasteiger partial charge in [-0.25, -0.2) is 4.79 Å². The molecule has 0 aliphatic carbocycles. The number of amides is 3. The molecule has 1 N–H and O–H groups in total. The molecule has 0 radical (unpaired) electrons. The Morgan fingerprint density at radius 3 is 2.71 bits per heavy atom. The van der Waals surface area contributed by atoms with Gasteiger partial charge in [-0.15, -0.1) is 0 Å². The number of nitrogens with zero attached hydrogens (tertiary/aromatic N) is 2. The van der Waals surface area contributed by atoms with Crippen molar-refractivity contribution in [2.75, 3.05) is 26.7 Å². The molecule has 3 amide bonds. The van der Waals surface area contributed by atoms with Gasteiger partial charge in [-0.05, 0) is 19.4 Å². The highest BCUT2D eigenvalue weighted by atomic mass is 16.2. The minimum Gasteiger partial charge on any atom is -0.315 e. The van der Waals surface area contributed by atoms with Crippen LogP contribution in [-0.4, -0.2) is 54.5 Å². The van der Waals surface area contributed by atoms with E-state index in [1.54, 1.807) is 11.9 Å². The minimum absolute atomic E-state index is 0.0967. The van der Waals surface area contributed by atoms with E-state index < -0.39 is 0 Å². The third kappa shape index (κ3) is 1.48. The van der Waals surface area contributed by atoms with Crippen LogP contribution in [0.5, 0.6) is 0 Å². The Morgan fingerprint density at radius 2 is 2.21 bits per heavy atom. The molecule has 78 valence electrons. The highest BCUT2D eigenvalue weighted by Gasteiger charge is 2.37. The Kier molecular flexibility index (Phi) is 2.41. The quantitative estimate of drug-likeness (QED) is 0.584.